The van der Waals surface area contributed by atoms with Crippen LogP contribution in [0.5, 0.6) is 0 Å². The SMILES string of the molecule is COC(=O)c1cc2nn(C3CCC(C(C)C)CC3)cc2cc1NC(=O)c1cccc(C(F)(F)F)n1. The highest BCUT2D eigenvalue weighted by molar-refractivity contribution is 6.09. The molecule has 0 unspecified atom stereocenters. The minimum Gasteiger partial charge on any atom is -0.465 e. The molecule has 3 aromatic rings. The first kappa shape index (κ1) is 24.7. The molecule has 1 fully saturated rings. The third-order valence-electron chi connectivity index (χ3n) is 6.65. The van der Waals surface area contributed by atoms with Gasteiger partial charge in [0.05, 0.1) is 29.9 Å². The summed E-state index contributed by atoms with van der Waals surface area (Å²) in [4.78, 5) is 28.5. The highest BCUT2D eigenvalue weighted by Gasteiger charge is 2.33. The molecular formula is C25H27F3N4O3. The molecule has 1 N–H and O–H groups in total. The number of nitrogens with zero attached hydrogens (tertiary/aromatic N) is 3. The summed E-state index contributed by atoms with van der Waals surface area (Å²) in [6.45, 7) is 4.48. The molecule has 35 heavy (non-hydrogen) atoms. The first-order valence-corrected chi connectivity index (χ1v) is 11.5. The molecule has 1 aromatic carbocycles. The number of fused-ring (bicyclic) bond motifs is 1. The predicted octanol–water partition coefficient (Wildman–Crippen LogP) is 5.88. The molecule has 2 heterocycles. The largest absolute Gasteiger partial charge is 0.465 e. The number of methoxy groups -OCH3 is 1. The highest BCUT2D eigenvalue weighted by atomic mass is 19.4. The van der Waals surface area contributed by atoms with Gasteiger partial charge in [0.1, 0.15) is 11.4 Å². The van der Waals surface area contributed by atoms with Gasteiger partial charge in [0.15, 0.2) is 0 Å². The smallest absolute Gasteiger partial charge is 0.433 e. The van der Waals surface area contributed by atoms with E-state index >= 15 is 0 Å². The summed E-state index contributed by atoms with van der Waals surface area (Å²) in [6.07, 6.45) is 1.44. The Bertz CT molecular complexity index is 1240. The number of rotatable bonds is 5. The zero-order chi connectivity index (χ0) is 25.3. The predicted molar refractivity (Wildman–Crippen MR) is 124 cm³/mol. The number of nitrogens with one attached hydrogen (secondary N) is 1. The third kappa shape index (κ3) is 5.31. The van der Waals surface area contributed by atoms with Gasteiger partial charge < -0.3 is 10.1 Å². The number of carbonyl (C=O) groups excluding carboxylic acids is 2. The average molecular weight is 489 g/mol. The molecule has 1 amide bonds. The number of hydrogen-bond donors (Lipinski definition) is 1. The van der Waals surface area contributed by atoms with E-state index in [1.165, 1.54) is 19.2 Å². The van der Waals surface area contributed by atoms with E-state index in [2.05, 4.69) is 29.2 Å². The van der Waals surface area contributed by atoms with Gasteiger partial charge in [-0.2, -0.15) is 18.3 Å². The first-order chi connectivity index (χ1) is 16.6. The molecule has 0 saturated heterocycles. The summed E-state index contributed by atoms with van der Waals surface area (Å²) in [7, 11) is 1.21. The summed E-state index contributed by atoms with van der Waals surface area (Å²) < 4.78 is 45.8. The normalized spacial score (nSPS) is 18.6. The molecule has 10 heteroatoms. The Morgan fingerprint density at radius 1 is 1.14 bits per heavy atom. The average Bonchev–Trinajstić information content (AvgIpc) is 3.25. The van der Waals surface area contributed by atoms with Crippen LogP contribution in [0.25, 0.3) is 10.9 Å². The van der Waals surface area contributed by atoms with Crippen molar-refractivity contribution in [1.29, 1.82) is 0 Å². The number of hydrogen-bond acceptors (Lipinski definition) is 5. The van der Waals surface area contributed by atoms with Crippen molar-refractivity contribution in [3.63, 3.8) is 0 Å². The lowest BCUT2D eigenvalue weighted by atomic mass is 9.80. The Hall–Kier alpha value is -3.43. The number of pyridine rings is 1. The summed E-state index contributed by atoms with van der Waals surface area (Å²) >= 11 is 0. The lowest BCUT2D eigenvalue weighted by molar-refractivity contribution is -0.141. The van der Waals surface area contributed by atoms with Crippen LogP contribution in [0.3, 0.4) is 0 Å². The molecule has 4 rings (SSSR count). The summed E-state index contributed by atoms with van der Waals surface area (Å²) in [6, 6.07) is 6.40. The molecule has 1 saturated carbocycles. The molecule has 7 nitrogen and oxygen atoms in total. The maximum absolute atomic E-state index is 13.0. The van der Waals surface area contributed by atoms with Crippen LogP contribution in [0.15, 0.2) is 36.5 Å². The molecule has 0 atom stereocenters. The standard InChI is InChI=1S/C25H27F3N4O3/c1-14(2)15-7-9-17(10-8-15)32-13-16-11-21(18(24(34)35-3)12-20(16)31-32)30-23(33)19-5-4-6-22(29-19)25(26,27)28/h4-6,11-15,17H,7-10H2,1-3H3,(H,30,33). The van der Waals surface area contributed by atoms with Gasteiger partial charge in [-0.05, 0) is 61.8 Å². The van der Waals surface area contributed by atoms with Crippen LogP contribution in [-0.2, 0) is 10.9 Å². The first-order valence-electron chi connectivity index (χ1n) is 11.5. The molecular weight excluding hydrogens is 461 g/mol. The van der Waals surface area contributed by atoms with Crippen LogP contribution in [0.1, 0.15) is 72.1 Å². The Balaban J connectivity index is 1.63. The number of anilines is 1. The number of carbonyl (C=O) groups is 2. The fourth-order valence-electron chi connectivity index (χ4n) is 4.60. The second-order valence-electron chi connectivity index (χ2n) is 9.23. The van der Waals surface area contributed by atoms with Crippen LogP contribution < -0.4 is 5.32 Å². The van der Waals surface area contributed by atoms with Crippen molar-refractivity contribution in [2.45, 2.75) is 51.7 Å². The second kappa shape index (κ2) is 9.67. The van der Waals surface area contributed by atoms with Gasteiger partial charge in [-0.1, -0.05) is 19.9 Å². The monoisotopic (exact) mass is 488 g/mol. The molecule has 186 valence electrons. The molecule has 0 radical (unpaired) electrons. The zero-order valence-electron chi connectivity index (χ0n) is 19.7. The van der Waals surface area contributed by atoms with Crippen LogP contribution in [0.2, 0.25) is 0 Å². The molecule has 0 bridgehead atoms. The second-order valence-corrected chi connectivity index (χ2v) is 9.23. The third-order valence-corrected chi connectivity index (χ3v) is 6.65. The van der Waals surface area contributed by atoms with E-state index in [0.29, 0.717) is 22.7 Å². The maximum atomic E-state index is 13.0. The van der Waals surface area contributed by atoms with Crippen LogP contribution >= 0.6 is 0 Å². The van der Waals surface area contributed by atoms with Crippen LogP contribution in [0, 0.1) is 11.8 Å². The molecule has 0 aliphatic heterocycles. The Kier molecular flexibility index (Phi) is 6.82. The Morgan fingerprint density at radius 2 is 1.86 bits per heavy atom. The number of alkyl halides is 3. The fourth-order valence-corrected chi connectivity index (χ4v) is 4.60. The molecule has 2 aromatic heterocycles. The lowest BCUT2D eigenvalue weighted by Crippen LogP contribution is -2.21. The quantitative estimate of drug-likeness (QED) is 0.454. The molecule has 0 spiro atoms. The van der Waals surface area contributed by atoms with Crippen molar-refractivity contribution < 1.29 is 27.5 Å². The van der Waals surface area contributed by atoms with Gasteiger partial charge in [0.25, 0.3) is 5.91 Å². The number of esters is 1. The minimum atomic E-state index is -4.69. The van der Waals surface area contributed by atoms with Crippen molar-refractivity contribution in [1.82, 2.24) is 14.8 Å². The van der Waals surface area contributed by atoms with Crippen molar-refractivity contribution in [3.8, 4) is 0 Å². The Morgan fingerprint density at radius 3 is 2.49 bits per heavy atom. The fraction of sp³-hybridized carbons (Fsp3) is 0.440. The van der Waals surface area contributed by atoms with E-state index in [0.717, 1.165) is 37.8 Å². The summed E-state index contributed by atoms with van der Waals surface area (Å²) in [5.41, 5.74) is -0.882. The van der Waals surface area contributed by atoms with E-state index in [1.54, 1.807) is 6.07 Å². The van der Waals surface area contributed by atoms with Crippen molar-refractivity contribution >= 4 is 28.5 Å². The highest BCUT2D eigenvalue weighted by Crippen LogP contribution is 2.36. The van der Waals surface area contributed by atoms with Gasteiger partial charge >= 0.3 is 12.1 Å². The van der Waals surface area contributed by atoms with E-state index in [9.17, 15) is 22.8 Å². The van der Waals surface area contributed by atoms with E-state index < -0.39 is 29.4 Å². The number of ether oxygens (including phenoxy) is 1. The summed E-state index contributed by atoms with van der Waals surface area (Å²) in [5.74, 6) is -0.229. The van der Waals surface area contributed by atoms with Gasteiger partial charge in [0.2, 0.25) is 0 Å². The molecule has 1 aliphatic rings. The minimum absolute atomic E-state index is 0.0501. The Labute approximate surface area is 200 Å². The number of aromatic nitrogens is 3. The lowest BCUT2D eigenvalue weighted by Gasteiger charge is -2.30. The van der Waals surface area contributed by atoms with Crippen molar-refractivity contribution in [2.75, 3.05) is 12.4 Å². The van der Waals surface area contributed by atoms with E-state index in [4.69, 9.17) is 4.74 Å². The van der Waals surface area contributed by atoms with Crippen LogP contribution in [-0.4, -0.2) is 33.8 Å². The van der Waals surface area contributed by atoms with E-state index in [1.807, 2.05) is 10.9 Å². The maximum Gasteiger partial charge on any atom is 0.433 e. The molecule has 1 aliphatic carbocycles. The topological polar surface area (TPSA) is 86.1 Å². The zero-order valence-corrected chi connectivity index (χ0v) is 19.7. The number of halogens is 3. The summed E-state index contributed by atoms with van der Waals surface area (Å²) in [5, 5.41) is 7.86. The van der Waals surface area contributed by atoms with Crippen molar-refractivity contribution in [2.24, 2.45) is 11.8 Å². The van der Waals surface area contributed by atoms with Crippen LogP contribution in [0.4, 0.5) is 18.9 Å². The van der Waals surface area contributed by atoms with Gasteiger partial charge in [-0.3, -0.25) is 9.48 Å². The van der Waals surface area contributed by atoms with Gasteiger partial charge in [-0.15, -0.1) is 0 Å². The van der Waals surface area contributed by atoms with E-state index in [-0.39, 0.29) is 17.3 Å². The van der Waals surface area contributed by atoms with Crippen molar-refractivity contribution in [3.05, 3.63) is 53.5 Å². The van der Waals surface area contributed by atoms with Gasteiger partial charge in [-0.25, -0.2) is 9.78 Å². The number of benzene rings is 1. The van der Waals surface area contributed by atoms with Gasteiger partial charge in [0, 0.05) is 11.6 Å². The number of amides is 1.